The number of nitrogens with one attached hydrogen (secondary N) is 1. The second-order valence-corrected chi connectivity index (χ2v) is 5.35. The third-order valence-corrected chi connectivity index (χ3v) is 3.23. The fourth-order valence-electron chi connectivity index (χ4n) is 2.43. The van der Waals surface area contributed by atoms with Gasteiger partial charge in [-0.05, 0) is 31.6 Å². The second kappa shape index (κ2) is 7.24. The van der Waals surface area contributed by atoms with Gasteiger partial charge in [-0.25, -0.2) is 4.79 Å². The Balaban J connectivity index is 2.29. The number of amides is 2. The summed E-state index contributed by atoms with van der Waals surface area (Å²) < 4.78 is 0. The highest BCUT2D eigenvalue weighted by atomic mass is 16.4. The molecule has 1 heterocycles. The van der Waals surface area contributed by atoms with E-state index < -0.39 is 5.97 Å². The van der Waals surface area contributed by atoms with Gasteiger partial charge in [-0.1, -0.05) is 13.8 Å². The van der Waals surface area contributed by atoms with Crippen LogP contribution in [0.15, 0.2) is 0 Å². The van der Waals surface area contributed by atoms with Crippen molar-refractivity contribution in [3.8, 4) is 0 Å². The lowest BCUT2D eigenvalue weighted by Crippen LogP contribution is -2.43. The van der Waals surface area contributed by atoms with E-state index in [4.69, 9.17) is 5.11 Å². The van der Waals surface area contributed by atoms with Crippen LogP contribution in [-0.2, 0) is 4.79 Å². The van der Waals surface area contributed by atoms with E-state index in [1.165, 1.54) is 0 Å². The average molecular weight is 256 g/mol. The molecule has 1 aliphatic rings. The number of aliphatic carboxylic acids is 1. The van der Waals surface area contributed by atoms with E-state index in [0.29, 0.717) is 24.9 Å². The van der Waals surface area contributed by atoms with Crippen LogP contribution in [0.2, 0.25) is 0 Å². The summed E-state index contributed by atoms with van der Waals surface area (Å²) in [5.74, 6) is -0.224. The van der Waals surface area contributed by atoms with Crippen LogP contribution in [0.25, 0.3) is 0 Å². The highest BCUT2D eigenvalue weighted by Gasteiger charge is 2.28. The molecule has 104 valence electrons. The van der Waals surface area contributed by atoms with Gasteiger partial charge in [0.15, 0.2) is 0 Å². The summed E-state index contributed by atoms with van der Waals surface area (Å²) in [6.07, 6.45) is 3.79. The van der Waals surface area contributed by atoms with Gasteiger partial charge in [0.05, 0.1) is 0 Å². The smallest absolute Gasteiger partial charge is 0.317 e. The predicted octanol–water partition coefficient (Wildman–Crippen LogP) is 2.07. The maximum absolute atomic E-state index is 11.9. The first-order chi connectivity index (χ1) is 8.50. The number of nitrogens with zero attached hydrogens (tertiary/aromatic N) is 1. The monoisotopic (exact) mass is 256 g/mol. The molecule has 0 saturated carbocycles. The summed E-state index contributed by atoms with van der Waals surface area (Å²) in [5.41, 5.74) is 0. The topological polar surface area (TPSA) is 69.6 Å². The van der Waals surface area contributed by atoms with E-state index in [2.05, 4.69) is 19.2 Å². The summed E-state index contributed by atoms with van der Waals surface area (Å²) in [6, 6.07) is 0.313. The Bertz CT molecular complexity index is 292. The normalized spacial score (nSPS) is 19.3. The van der Waals surface area contributed by atoms with Crippen molar-refractivity contribution in [1.29, 1.82) is 0 Å². The van der Waals surface area contributed by atoms with E-state index in [1.807, 2.05) is 4.90 Å². The lowest BCUT2D eigenvalue weighted by atomic mass is 10.0. The number of hydrogen-bond acceptors (Lipinski definition) is 2. The highest BCUT2D eigenvalue weighted by molar-refractivity contribution is 5.75. The van der Waals surface area contributed by atoms with Crippen LogP contribution in [0.5, 0.6) is 0 Å². The number of likely N-dealkylation sites (tertiary alicyclic amines) is 1. The molecule has 0 aliphatic carbocycles. The molecule has 0 aromatic heterocycles. The minimum absolute atomic E-state index is 0.0384. The van der Waals surface area contributed by atoms with E-state index in [9.17, 15) is 9.59 Å². The molecule has 18 heavy (non-hydrogen) atoms. The minimum Gasteiger partial charge on any atom is -0.481 e. The molecule has 0 spiro atoms. The molecular weight excluding hydrogens is 232 g/mol. The molecule has 5 nitrogen and oxygen atoms in total. The van der Waals surface area contributed by atoms with Crippen molar-refractivity contribution < 1.29 is 14.7 Å². The third-order valence-electron chi connectivity index (χ3n) is 3.23. The summed E-state index contributed by atoms with van der Waals surface area (Å²) >= 11 is 0. The van der Waals surface area contributed by atoms with Crippen LogP contribution in [0.4, 0.5) is 4.79 Å². The molecule has 5 heteroatoms. The SMILES string of the molecule is CC(C)CC1CCCN1C(=O)NCCCC(=O)O. The zero-order valence-electron chi connectivity index (χ0n) is 11.3. The highest BCUT2D eigenvalue weighted by Crippen LogP contribution is 2.23. The van der Waals surface area contributed by atoms with Crippen LogP contribution in [-0.4, -0.2) is 41.1 Å². The molecule has 1 unspecified atom stereocenters. The maximum Gasteiger partial charge on any atom is 0.317 e. The van der Waals surface area contributed by atoms with Crippen molar-refractivity contribution in [3.05, 3.63) is 0 Å². The number of urea groups is 1. The Morgan fingerprint density at radius 2 is 2.17 bits per heavy atom. The Hall–Kier alpha value is -1.26. The van der Waals surface area contributed by atoms with E-state index >= 15 is 0 Å². The van der Waals surface area contributed by atoms with Crippen molar-refractivity contribution in [2.45, 2.75) is 52.0 Å². The van der Waals surface area contributed by atoms with Crippen molar-refractivity contribution in [2.24, 2.45) is 5.92 Å². The molecule has 0 aromatic carbocycles. The summed E-state index contributed by atoms with van der Waals surface area (Å²) in [6.45, 7) is 5.60. The van der Waals surface area contributed by atoms with Crippen LogP contribution in [0.3, 0.4) is 0 Å². The minimum atomic E-state index is -0.817. The number of rotatable bonds is 6. The number of carbonyl (C=O) groups is 2. The van der Waals surface area contributed by atoms with Gasteiger partial charge in [-0.3, -0.25) is 4.79 Å². The quantitative estimate of drug-likeness (QED) is 0.715. The first kappa shape index (κ1) is 14.8. The Labute approximate surface area is 109 Å². The summed E-state index contributed by atoms with van der Waals surface area (Å²) in [5, 5.41) is 11.3. The van der Waals surface area contributed by atoms with E-state index in [1.54, 1.807) is 0 Å². The van der Waals surface area contributed by atoms with Gasteiger partial charge >= 0.3 is 12.0 Å². The number of carboxylic acid groups (broad SMARTS) is 1. The first-order valence-corrected chi connectivity index (χ1v) is 6.77. The Morgan fingerprint density at radius 3 is 2.78 bits per heavy atom. The van der Waals surface area contributed by atoms with Crippen molar-refractivity contribution in [3.63, 3.8) is 0 Å². The van der Waals surface area contributed by atoms with Gasteiger partial charge in [0.1, 0.15) is 0 Å². The standard InChI is InChI=1S/C13H24N2O3/c1-10(2)9-11-5-4-8-15(11)13(18)14-7-3-6-12(16)17/h10-11H,3-9H2,1-2H3,(H,14,18)(H,16,17). The van der Waals surface area contributed by atoms with Crippen molar-refractivity contribution >= 4 is 12.0 Å². The molecule has 0 bridgehead atoms. The summed E-state index contributed by atoms with van der Waals surface area (Å²) in [4.78, 5) is 24.2. The van der Waals surface area contributed by atoms with Gasteiger partial charge < -0.3 is 15.3 Å². The molecule has 1 fully saturated rings. The van der Waals surface area contributed by atoms with Gasteiger partial charge in [0, 0.05) is 25.6 Å². The van der Waals surface area contributed by atoms with E-state index in [-0.39, 0.29) is 12.5 Å². The molecule has 1 atom stereocenters. The van der Waals surface area contributed by atoms with Gasteiger partial charge in [0.25, 0.3) is 0 Å². The Morgan fingerprint density at radius 1 is 1.44 bits per heavy atom. The second-order valence-electron chi connectivity index (χ2n) is 5.35. The zero-order chi connectivity index (χ0) is 13.5. The first-order valence-electron chi connectivity index (χ1n) is 6.77. The number of carboxylic acids is 1. The molecule has 1 rings (SSSR count). The molecule has 1 saturated heterocycles. The molecular formula is C13H24N2O3. The van der Waals surface area contributed by atoms with Gasteiger partial charge in [-0.15, -0.1) is 0 Å². The molecule has 0 radical (unpaired) electrons. The van der Waals surface area contributed by atoms with E-state index in [0.717, 1.165) is 25.8 Å². The largest absolute Gasteiger partial charge is 0.481 e. The average Bonchev–Trinajstić information content (AvgIpc) is 2.71. The zero-order valence-corrected chi connectivity index (χ0v) is 11.3. The van der Waals surface area contributed by atoms with Crippen molar-refractivity contribution in [2.75, 3.05) is 13.1 Å². The van der Waals surface area contributed by atoms with Crippen molar-refractivity contribution in [1.82, 2.24) is 10.2 Å². The number of hydrogen-bond donors (Lipinski definition) is 2. The maximum atomic E-state index is 11.9. The van der Waals surface area contributed by atoms with Gasteiger partial charge in [-0.2, -0.15) is 0 Å². The lowest BCUT2D eigenvalue weighted by Gasteiger charge is -2.26. The van der Waals surface area contributed by atoms with Crippen LogP contribution < -0.4 is 5.32 Å². The summed E-state index contributed by atoms with van der Waals surface area (Å²) in [7, 11) is 0. The predicted molar refractivity (Wildman–Crippen MR) is 69.5 cm³/mol. The van der Waals surface area contributed by atoms with Gasteiger partial charge in [0.2, 0.25) is 0 Å². The molecule has 2 amide bonds. The van der Waals surface area contributed by atoms with Crippen LogP contribution in [0.1, 0.15) is 46.0 Å². The molecule has 2 N–H and O–H groups in total. The molecule has 0 aromatic rings. The fraction of sp³-hybridized carbons (Fsp3) is 0.846. The van der Waals surface area contributed by atoms with Crippen LogP contribution >= 0.6 is 0 Å². The fourth-order valence-corrected chi connectivity index (χ4v) is 2.43. The Kier molecular flexibility index (Phi) is 5.95. The lowest BCUT2D eigenvalue weighted by molar-refractivity contribution is -0.137. The molecule has 1 aliphatic heterocycles. The number of carbonyl (C=O) groups excluding carboxylic acids is 1. The third kappa shape index (κ3) is 4.94. The van der Waals surface area contributed by atoms with Crippen LogP contribution in [0, 0.1) is 5.92 Å².